The molecule has 2 aromatic heterocycles. The molecule has 0 saturated carbocycles. The first-order valence-electron chi connectivity index (χ1n) is 9.88. The molecule has 0 radical (unpaired) electrons. The number of aromatic nitrogens is 2. The molecule has 0 unspecified atom stereocenters. The summed E-state index contributed by atoms with van der Waals surface area (Å²) in [5.74, 6) is -1.04. The number of nitrogens with zero attached hydrogens (tertiary/aromatic N) is 2. The fourth-order valence-corrected chi connectivity index (χ4v) is 4.53. The number of carboxylic acid groups (broad SMARTS) is 1. The molecule has 0 aliphatic rings. The molecule has 0 fully saturated rings. The second-order valence-electron chi connectivity index (χ2n) is 7.18. The quantitative estimate of drug-likeness (QED) is 0.225. The highest BCUT2D eigenvalue weighted by molar-refractivity contribution is 8.03. The Labute approximate surface area is 192 Å². The van der Waals surface area contributed by atoms with Gasteiger partial charge in [0.1, 0.15) is 10.4 Å². The predicted octanol–water partition coefficient (Wildman–Crippen LogP) is 6.70. The summed E-state index contributed by atoms with van der Waals surface area (Å²) in [5, 5.41) is 11.8. The molecule has 5 aromatic rings. The molecule has 7 heteroatoms. The molecule has 158 valence electrons. The van der Waals surface area contributed by atoms with E-state index in [1.165, 1.54) is 0 Å². The van der Waals surface area contributed by atoms with E-state index >= 15 is 0 Å². The van der Waals surface area contributed by atoms with Gasteiger partial charge in [0.15, 0.2) is 5.58 Å². The molecule has 0 atom stereocenters. The Kier molecular flexibility index (Phi) is 5.47. The van der Waals surface area contributed by atoms with Gasteiger partial charge in [0.05, 0.1) is 0 Å². The summed E-state index contributed by atoms with van der Waals surface area (Å²) < 4.78 is 7.77. The second-order valence-corrected chi connectivity index (χ2v) is 8.58. The van der Waals surface area contributed by atoms with E-state index in [0.29, 0.717) is 27.9 Å². The lowest BCUT2D eigenvalue weighted by molar-refractivity contribution is -0.131. The van der Waals surface area contributed by atoms with Crippen molar-refractivity contribution in [1.29, 1.82) is 0 Å². The van der Waals surface area contributed by atoms with Crippen LogP contribution in [0.3, 0.4) is 0 Å². The number of rotatable bonds is 6. The number of thioether (sulfide) groups is 1. The highest BCUT2D eigenvalue weighted by atomic mass is 35.5. The van der Waals surface area contributed by atoms with Gasteiger partial charge in [-0.05, 0) is 47.7 Å². The van der Waals surface area contributed by atoms with Crippen molar-refractivity contribution < 1.29 is 14.3 Å². The maximum absolute atomic E-state index is 12.0. The number of oxazole rings is 1. The zero-order chi connectivity index (χ0) is 22.1. The third kappa shape index (κ3) is 4.02. The third-order valence-electron chi connectivity index (χ3n) is 5.09. The molecule has 0 amide bonds. The van der Waals surface area contributed by atoms with Gasteiger partial charge < -0.3 is 14.1 Å². The number of fused-ring (bicyclic) bond motifs is 2. The van der Waals surface area contributed by atoms with E-state index in [2.05, 4.69) is 9.55 Å². The largest absolute Gasteiger partial charge is 0.477 e. The number of aliphatic carboxylic acids is 1. The highest BCUT2D eigenvalue weighted by Gasteiger charge is 2.17. The zero-order valence-electron chi connectivity index (χ0n) is 16.7. The topological polar surface area (TPSA) is 68.3 Å². The van der Waals surface area contributed by atoms with Gasteiger partial charge >= 0.3 is 5.97 Å². The predicted molar refractivity (Wildman–Crippen MR) is 128 cm³/mol. The van der Waals surface area contributed by atoms with Crippen molar-refractivity contribution in [3.05, 3.63) is 100 Å². The Hall–Kier alpha value is -3.48. The fraction of sp³-hybridized carbons (Fsp3) is 0.0400. The van der Waals surface area contributed by atoms with Crippen LogP contribution in [0.2, 0.25) is 5.02 Å². The number of carbonyl (C=O) groups is 1. The van der Waals surface area contributed by atoms with Gasteiger partial charge in [0.25, 0.3) is 5.22 Å². The van der Waals surface area contributed by atoms with Crippen LogP contribution in [-0.4, -0.2) is 20.6 Å². The molecule has 0 saturated heterocycles. The summed E-state index contributed by atoms with van der Waals surface area (Å²) in [7, 11) is 0. The molecular weight excluding hydrogens is 444 g/mol. The monoisotopic (exact) mass is 460 g/mol. The molecule has 0 aliphatic carbocycles. The smallest absolute Gasteiger partial charge is 0.342 e. The molecule has 5 nitrogen and oxygen atoms in total. The first-order valence-corrected chi connectivity index (χ1v) is 11.1. The van der Waals surface area contributed by atoms with Crippen molar-refractivity contribution in [2.45, 2.75) is 11.8 Å². The normalized spacial score (nSPS) is 12.0. The van der Waals surface area contributed by atoms with Gasteiger partial charge in [-0.2, -0.15) is 0 Å². The van der Waals surface area contributed by atoms with Crippen LogP contribution < -0.4 is 0 Å². The van der Waals surface area contributed by atoms with Crippen molar-refractivity contribution in [1.82, 2.24) is 9.55 Å². The van der Waals surface area contributed by atoms with Crippen molar-refractivity contribution in [2.24, 2.45) is 0 Å². The molecule has 5 rings (SSSR count). The Balaban J connectivity index is 1.54. The highest BCUT2D eigenvalue weighted by Crippen LogP contribution is 2.33. The standard InChI is InChI=1S/C25H17ClN2O3S/c26-19-9-3-1-7-16(19)14-28-15-17(18-8-2-5-11-21(18)28)13-23(24(29)30)32-25-27-20-10-4-6-12-22(20)31-25/h1-13,15H,14H2,(H,29,30)/b23-13-. The van der Waals surface area contributed by atoms with Crippen LogP contribution in [-0.2, 0) is 11.3 Å². The molecule has 0 aliphatic heterocycles. The third-order valence-corrected chi connectivity index (χ3v) is 6.32. The van der Waals surface area contributed by atoms with Crippen LogP contribution in [0.1, 0.15) is 11.1 Å². The summed E-state index contributed by atoms with van der Waals surface area (Å²) in [4.78, 5) is 16.5. The van der Waals surface area contributed by atoms with E-state index < -0.39 is 5.97 Å². The Morgan fingerprint density at radius 3 is 2.62 bits per heavy atom. The first-order chi connectivity index (χ1) is 15.6. The minimum absolute atomic E-state index is 0.122. The maximum atomic E-state index is 12.0. The SMILES string of the molecule is O=C(O)/C(=C/c1cn(Cc2ccccc2Cl)c2ccccc12)Sc1nc2ccccc2o1. The molecule has 0 spiro atoms. The molecular formula is C25H17ClN2O3S. The van der Waals surface area contributed by atoms with Crippen LogP contribution in [0.4, 0.5) is 0 Å². The lowest BCUT2D eigenvalue weighted by Gasteiger charge is -2.07. The average Bonchev–Trinajstić information content (AvgIpc) is 3.36. The van der Waals surface area contributed by atoms with E-state index in [1.54, 1.807) is 12.1 Å². The maximum Gasteiger partial charge on any atom is 0.342 e. The number of hydrogen-bond acceptors (Lipinski definition) is 4. The zero-order valence-corrected chi connectivity index (χ0v) is 18.3. The van der Waals surface area contributed by atoms with Crippen molar-refractivity contribution in [3.8, 4) is 0 Å². The number of carboxylic acids is 1. The van der Waals surface area contributed by atoms with Gasteiger partial charge in [-0.3, -0.25) is 0 Å². The summed E-state index contributed by atoms with van der Waals surface area (Å²) in [6.45, 7) is 0.578. The van der Waals surface area contributed by atoms with Crippen LogP contribution in [0.25, 0.3) is 28.1 Å². The minimum Gasteiger partial charge on any atom is -0.477 e. The van der Waals surface area contributed by atoms with Gasteiger partial charge in [-0.15, -0.1) is 0 Å². The molecule has 3 aromatic carbocycles. The number of para-hydroxylation sites is 3. The van der Waals surface area contributed by atoms with Crippen LogP contribution in [0, 0.1) is 0 Å². The summed E-state index contributed by atoms with van der Waals surface area (Å²) in [5.41, 5.74) is 4.10. The van der Waals surface area contributed by atoms with Crippen LogP contribution >= 0.6 is 23.4 Å². The van der Waals surface area contributed by atoms with E-state index in [9.17, 15) is 9.90 Å². The molecule has 1 N–H and O–H groups in total. The lowest BCUT2D eigenvalue weighted by Crippen LogP contribution is -1.98. The molecule has 0 bridgehead atoms. The Morgan fingerprint density at radius 1 is 1.06 bits per heavy atom. The van der Waals surface area contributed by atoms with E-state index in [-0.39, 0.29) is 4.91 Å². The minimum atomic E-state index is -1.04. The van der Waals surface area contributed by atoms with Crippen molar-refractivity contribution in [3.63, 3.8) is 0 Å². The molecule has 32 heavy (non-hydrogen) atoms. The number of benzene rings is 3. The van der Waals surface area contributed by atoms with Gasteiger partial charge in [0, 0.05) is 34.2 Å². The molecule has 2 heterocycles. The summed E-state index contributed by atoms with van der Waals surface area (Å²) in [6, 6.07) is 22.9. The van der Waals surface area contributed by atoms with E-state index in [1.807, 2.05) is 72.9 Å². The first kappa shape index (κ1) is 20.4. The number of hydrogen-bond donors (Lipinski definition) is 1. The summed E-state index contributed by atoms with van der Waals surface area (Å²) >= 11 is 7.35. The Morgan fingerprint density at radius 2 is 1.81 bits per heavy atom. The van der Waals surface area contributed by atoms with Crippen LogP contribution in [0.15, 0.2) is 93.5 Å². The average molecular weight is 461 g/mol. The van der Waals surface area contributed by atoms with Gasteiger partial charge in [-0.25, -0.2) is 9.78 Å². The Bertz CT molecular complexity index is 1450. The van der Waals surface area contributed by atoms with E-state index in [0.717, 1.165) is 33.8 Å². The van der Waals surface area contributed by atoms with Gasteiger partial charge in [-0.1, -0.05) is 60.1 Å². The van der Waals surface area contributed by atoms with Crippen LogP contribution in [0.5, 0.6) is 0 Å². The second kappa shape index (κ2) is 8.57. The van der Waals surface area contributed by atoms with E-state index in [4.69, 9.17) is 16.0 Å². The van der Waals surface area contributed by atoms with Crippen molar-refractivity contribution >= 4 is 57.4 Å². The summed E-state index contributed by atoms with van der Waals surface area (Å²) in [6.07, 6.45) is 3.61. The fourth-order valence-electron chi connectivity index (χ4n) is 3.60. The lowest BCUT2D eigenvalue weighted by atomic mass is 10.1. The van der Waals surface area contributed by atoms with Gasteiger partial charge in [0.2, 0.25) is 0 Å². The van der Waals surface area contributed by atoms with Crippen molar-refractivity contribution in [2.75, 3.05) is 0 Å². The number of halogens is 1.